The van der Waals surface area contributed by atoms with Gasteiger partial charge in [-0.25, -0.2) is 19.8 Å². The smallest absolute Gasteiger partial charge is 0.188 e. The summed E-state index contributed by atoms with van der Waals surface area (Å²) in [5, 5.41) is 4.59. The molecule has 0 aliphatic rings. The van der Waals surface area contributed by atoms with Gasteiger partial charge in [0.2, 0.25) is 0 Å². The molecule has 0 amide bonds. The summed E-state index contributed by atoms with van der Waals surface area (Å²) in [6.07, 6.45) is 0. The molecule has 3 aromatic heterocycles. The number of rotatable bonds is 8. The van der Waals surface area contributed by atoms with E-state index in [9.17, 15) is 0 Å². The zero-order valence-corrected chi connectivity index (χ0v) is 39.6. The predicted octanol–water partition coefficient (Wildman–Crippen LogP) is 17.2. The lowest BCUT2D eigenvalue weighted by molar-refractivity contribution is 1.07. The van der Waals surface area contributed by atoms with Crippen LogP contribution in [0, 0.1) is 20.4 Å². The van der Waals surface area contributed by atoms with E-state index >= 15 is 0 Å². The molecule has 0 aliphatic heterocycles. The van der Waals surface area contributed by atoms with Gasteiger partial charge in [-0.1, -0.05) is 187 Å². The standard InChI is InChI=1S/C66H44N6/c1-42-22-26-44(27-23-42)48-31-35-60-55(38-48)52-18-10-12-20-58(52)71(60)62-37-33-51(67-3)41-57(62)54-34-30-50(66-69-64(46-14-6-4-7-15-46)68-65(70-66)47-16-8-5-9-17-47)40-63(54)72-59-21-13-11-19-53(59)56-39-49(32-36-61(56)72)45-28-24-43(2)25-29-45/h4-41H,1-2H3. The van der Waals surface area contributed by atoms with Gasteiger partial charge in [-0.15, -0.1) is 0 Å². The van der Waals surface area contributed by atoms with Crippen molar-refractivity contribution in [2.45, 2.75) is 13.8 Å². The molecule has 0 N–H and O–H groups in total. The molecule has 0 radical (unpaired) electrons. The number of para-hydroxylation sites is 2. The highest BCUT2D eigenvalue weighted by molar-refractivity contribution is 6.13. The van der Waals surface area contributed by atoms with Crippen LogP contribution in [-0.2, 0) is 0 Å². The number of fused-ring (bicyclic) bond motifs is 6. The Bertz CT molecular complexity index is 4220. The minimum absolute atomic E-state index is 0.550. The quantitative estimate of drug-likeness (QED) is 0.143. The molecule has 0 spiro atoms. The van der Waals surface area contributed by atoms with E-state index in [1.807, 2.05) is 66.7 Å². The predicted molar refractivity (Wildman–Crippen MR) is 297 cm³/mol. The Kier molecular flexibility index (Phi) is 10.2. The number of aromatic nitrogens is 5. The molecule has 0 bridgehead atoms. The number of hydrogen-bond donors (Lipinski definition) is 0. The summed E-state index contributed by atoms with van der Waals surface area (Å²) < 4.78 is 4.75. The zero-order chi connectivity index (χ0) is 48.3. The second-order valence-corrected chi connectivity index (χ2v) is 18.5. The molecular formula is C66H44N6. The summed E-state index contributed by atoms with van der Waals surface area (Å²) in [6.45, 7) is 12.6. The molecule has 0 aliphatic carbocycles. The van der Waals surface area contributed by atoms with Gasteiger partial charge in [-0.2, -0.15) is 0 Å². The Hall–Kier alpha value is -9.70. The van der Waals surface area contributed by atoms with Crippen LogP contribution in [0.25, 0.3) is 127 Å². The molecule has 10 aromatic carbocycles. The van der Waals surface area contributed by atoms with Crippen LogP contribution in [0.1, 0.15) is 11.1 Å². The van der Waals surface area contributed by atoms with Gasteiger partial charge in [0, 0.05) is 43.8 Å². The fraction of sp³-hybridized carbons (Fsp3) is 0.0303. The number of nitrogens with zero attached hydrogens (tertiary/aromatic N) is 6. The first-order valence-corrected chi connectivity index (χ1v) is 24.2. The van der Waals surface area contributed by atoms with Crippen LogP contribution >= 0.6 is 0 Å². The fourth-order valence-corrected chi connectivity index (χ4v) is 10.3. The van der Waals surface area contributed by atoms with Crippen LogP contribution < -0.4 is 0 Å². The summed E-state index contributed by atoms with van der Waals surface area (Å²) >= 11 is 0. The summed E-state index contributed by atoms with van der Waals surface area (Å²) in [5.41, 5.74) is 18.3. The monoisotopic (exact) mass is 920 g/mol. The van der Waals surface area contributed by atoms with E-state index in [0.29, 0.717) is 23.2 Å². The maximum Gasteiger partial charge on any atom is 0.188 e. The summed E-state index contributed by atoms with van der Waals surface area (Å²) in [6, 6.07) is 81.2. The Balaban J connectivity index is 1.10. The van der Waals surface area contributed by atoms with Crippen LogP contribution in [0.4, 0.5) is 5.69 Å². The van der Waals surface area contributed by atoms with E-state index in [1.165, 1.54) is 16.7 Å². The molecule has 0 atom stereocenters. The number of hydrogen-bond acceptors (Lipinski definition) is 3. The third kappa shape index (κ3) is 7.31. The molecule has 6 heteroatoms. The number of aryl methyl sites for hydroxylation is 2. The first kappa shape index (κ1) is 42.4. The Labute approximate surface area is 417 Å². The molecular weight excluding hydrogens is 877 g/mol. The van der Waals surface area contributed by atoms with Gasteiger partial charge in [-0.05, 0) is 96.3 Å². The van der Waals surface area contributed by atoms with E-state index in [-0.39, 0.29) is 0 Å². The van der Waals surface area contributed by atoms with E-state index in [2.05, 4.69) is 192 Å². The molecule has 0 unspecified atom stereocenters. The molecule has 72 heavy (non-hydrogen) atoms. The van der Waals surface area contributed by atoms with Crippen LogP contribution in [0.3, 0.4) is 0 Å². The fourth-order valence-electron chi connectivity index (χ4n) is 10.3. The van der Waals surface area contributed by atoms with E-state index in [0.717, 1.165) is 99.5 Å². The maximum atomic E-state index is 8.36. The SMILES string of the molecule is [C-]#[N+]c1ccc(-n2c3ccccc3c3cc(-c4ccc(C)cc4)ccc32)c(-c2ccc(-c3nc(-c4ccccc4)nc(-c4ccccc4)n3)cc2-n2c3ccccc3c3cc(-c4ccc(C)cc4)ccc32)c1. The van der Waals surface area contributed by atoms with Crippen molar-refractivity contribution in [2.75, 3.05) is 0 Å². The highest BCUT2D eigenvalue weighted by atomic mass is 15.0. The summed E-state index contributed by atoms with van der Waals surface area (Å²) in [4.78, 5) is 19.5. The largest absolute Gasteiger partial charge is 0.309 e. The average molecular weight is 921 g/mol. The van der Waals surface area contributed by atoms with Crippen molar-refractivity contribution in [1.29, 1.82) is 0 Å². The van der Waals surface area contributed by atoms with Gasteiger partial charge in [0.05, 0.1) is 40.0 Å². The molecule has 0 saturated heterocycles. The lowest BCUT2D eigenvalue weighted by Gasteiger charge is -2.20. The minimum atomic E-state index is 0.550. The van der Waals surface area contributed by atoms with Gasteiger partial charge in [0.25, 0.3) is 0 Å². The van der Waals surface area contributed by atoms with Crippen LogP contribution in [0.5, 0.6) is 0 Å². The lowest BCUT2D eigenvalue weighted by atomic mass is 9.97. The Morgan fingerprint density at radius 3 is 1.26 bits per heavy atom. The summed E-state index contributed by atoms with van der Waals surface area (Å²) in [7, 11) is 0. The zero-order valence-electron chi connectivity index (χ0n) is 39.6. The average Bonchev–Trinajstić information content (AvgIpc) is 3.95. The third-order valence-corrected chi connectivity index (χ3v) is 14.0. The van der Waals surface area contributed by atoms with Crippen molar-refractivity contribution in [2.24, 2.45) is 0 Å². The van der Waals surface area contributed by atoms with Gasteiger partial charge >= 0.3 is 0 Å². The van der Waals surface area contributed by atoms with Crippen molar-refractivity contribution in [3.63, 3.8) is 0 Å². The molecule has 0 fully saturated rings. The normalized spacial score (nSPS) is 11.5. The molecule has 338 valence electrons. The van der Waals surface area contributed by atoms with Gasteiger partial charge < -0.3 is 9.13 Å². The maximum absolute atomic E-state index is 8.36. The van der Waals surface area contributed by atoms with Crippen molar-refractivity contribution in [3.05, 3.63) is 253 Å². The second-order valence-electron chi connectivity index (χ2n) is 18.5. The Morgan fingerprint density at radius 2 is 0.750 bits per heavy atom. The molecule has 6 nitrogen and oxygen atoms in total. The molecule has 13 rings (SSSR count). The van der Waals surface area contributed by atoms with Crippen molar-refractivity contribution in [1.82, 2.24) is 24.1 Å². The van der Waals surface area contributed by atoms with Gasteiger partial charge in [-0.3, -0.25) is 0 Å². The Morgan fingerprint density at radius 1 is 0.319 bits per heavy atom. The summed E-state index contributed by atoms with van der Waals surface area (Å²) in [5.74, 6) is 1.74. The first-order valence-electron chi connectivity index (χ1n) is 24.2. The van der Waals surface area contributed by atoms with Gasteiger partial charge in [0.15, 0.2) is 23.2 Å². The van der Waals surface area contributed by atoms with E-state index in [4.69, 9.17) is 21.5 Å². The van der Waals surface area contributed by atoms with Crippen molar-refractivity contribution < 1.29 is 0 Å². The van der Waals surface area contributed by atoms with Crippen molar-refractivity contribution >= 4 is 49.3 Å². The number of benzene rings is 10. The topological polar surface area (TPSA) is 52.9 Å². The highest BCUT2D eigenvalue weighted by Crippen LogP contribution is 2.44. The van der Waals surface area contributed by atoms with Crippen molar-refractivity contribution in [3.8, 4) is 78.9 Å². The van der Waals surface area contributed by atoms with Gasteiger partial charge in [0.1, 0.15) is 0 Å². The molecule has 0 saturated carbocycles. The van der Waals surface area contributed by atoms with Crippen LogP contribution in [0.2, 0.25) is 0 Å². The lowest BCUT2D eigenvalue weighted by Crippen LogP contribution is -2.04. The van der Waals surface area contributed by atoms with E-state index < -0.39 is 0 Å². The first-order chi connectivity index (χ1) is 35.5. The minimum Gasteiger partial charge on any atom is -0.309 e. The van der Waals surface area contributed by atoms with E-state index in [1.54, 1.807) is 0 Å². The molecule has 13 aromatic rings. The molecule has 3 heterocycles. The highest BCUT2D eigenvalue weighted by Gasteiger charge is 2.23. The second kappa shape index (κ2) is 17.4. The van der Waals surface area contributed by atoms with Crippen LogP contribution in [0.15, 0.2) is 231 Å². The van der Waals surface area contributed by atoms with Crippen LogP contribution in [-0.4, -0.2) is 24.1 Å². The third-order valence-electron chi connectivity index (χ3n) is 14.0.